The Hall–Kier alpha value is -1.55. The average Bonchev–Trinajstić information content (AvgIpc) is 2.77. The highest BCUT2D eigenvalue weighted by atomic mass is 16.3. The lowest BCUT2D eigenvalue weighted by Crippen LogP contribution is -2.12. The van der Waals surface area contributed by atoms with Crippen LogP contribution in [0.1, 0.15) is 17.1 Å². The molecular formula is C10H13N3O. The van der Waals surface area contributed by atoms with Crippen molar-refractivity contribution >= 4 is 0 Å². The summed E-state index contributed by atoms with van der Waals surface area (Å²) in [5.74, 6) is 0.949. The monoisotopic (exact) mass is 191 g/mol. The van der Waals surface area contributed by atoms with Crippen LogP contribution in [0.15, 0.2) is 29.2 Å². The van der Waals surface area contributed by atoms with Gasteiger partial charge in [-0.15, -0.1) is 0 Å². The van der Waals surface area contributed by atoms with Gasteiger partial charge in [-0.25, -0.2) is 4.98 Å². The largest absolute Gasteiger partial charge is 0.472 e. The van der Waals surface area contributed by atoms with Gasteiger partial charge >= 0.3 is 0 Å². The molecule has 0 aliphatic heterocycles. The van der Waals surface area contributed by atoms with Crippen LogP contribution < -0.4 is 5.32 Å². The van der Waals surface area contributed by atoms with Crippen molar-refractivity contribution in [1.29, 1.82) is 0 Å². The minimum Gasteiger partial charge on any atom is -0.472 e. The number of nitrogens with one attached hydrogen (secondary N) is 2. The van der Waals surface area contributed by atoms with Crippen LogP contribution in [0.25, 0.3) is 0 Å². The zero-order valence-corrected chi connectivity index (χ0v) is 8.08. The third kappa shape index (κ3) is 2.23. The quantitative estimate of drug-likeness (QED) is 0.771. The maximum absolute atomic E-state index is 4.96. The first-order valence-electron chi connectivity index (χ1n) is 4.57. The van der Waals surface area contributed by atoms with Crippen LogP contribution in [-0.2, 0) is 13.1 Å². The molecule has 0 saturated carbocycles. The van der Waals surface area contributed by atoms with E-state index in [1.807, 2.05) is 19.2 Å². The molecule has 0 aliphatic carbocycles. The highest BCUT2D eigenvalue weighted by Crippen LogP contribution is 2.00. The summed E-state index contributed by atoms with van der Waals surface area (Å²) in [5.41, 5.74) is 2.26. The van der Waals surface area contributed by atoms with Gasteiger partial charge in [0.2, 0.25) is 0 Å². The molecule has 0 aliphatic rings. The maximum atomic E-state index is 4.96. The van der Waals surface area contributed by atoms with Crippen molar-refractivity contribution in [2.45, 2.75) is 20.0 Å². The molecule has 0 saturated heterocycles. The number of aryl methyl sites for hydroxylation is 1. The standard InChI is InChI=1S/C10H13N3O/c1-8-12-6-10(13-8)5-11-4-9-2-3-14-7-9/h2-3,6-7,11H,4-5H2,1H3,(H,12,13). The lowest BCUT2D eigenvalue weighted by Gasteiger charge is -1.99. The maximum Gasteiger partial charge on any atom is 0.103 e. The van der Waals surface area contributed by atoms with Gasteiger partial charge in [-0.3, -0.25) is 0 Å². The zero-order chi connectivity index (χ0) is 9.80. The Balaban J connectivity index is 1.78. The molecular weight excluding hydrogens is 178 g/mol. The minimum atomic E-state index is 0.798. The second-order valence-electron chi connectivity index (χ2n) is 3.23. The van der Waals surface area contributed by atoms with Gasteiger partial charge < -0.3 is 14.7 Å². The van der Waals surface area contributed by atoms with Crippen molar-refractivity contribution in [3.63, 3.8) is 0 Å². The Morgan fingerprint density at radius 3 is 3.07 bits per heavy atom. The lowest BCUT2D eigenvalue weighted by molar-refractivity contribution is 0.560. The minimum absolute atomic E-state index is 0.798. The highest BCUT2D eigenvalue weighted by Gasteiger charge is 1.97. The molecule has 2 N–H and O–H groups in total. The van der Waals surface area contributed by atoms with Crippen LogP contribution in [0.5, 0.6) is 0 Å². The van der Waals surface area contributed by atoms with Gasteiger partial charge in [0.15, 0.2) is 0 Å². The Bertz CT molecular complexity index is 378. The second-order valence-corrected chi connectivity index (χ2v) is 3.23. The molecule has 0 spiro atoms. The Kier molecular flexibility index (Phi) is 2.65. The molecule has 0 radical (unpaired) electrons. The van der Waals surface area contributed by atoms with E-state index < -0.39 is 0 Å². The molecule has 0 fully saturated rings. The molecule has 0 unspecified atom stereocenters. The van der Waals surface area contributed by atoms with E-state index in [1.54, 1.807) is 12.5 Å². The summed E-state index contributed by atoms with van der Waals surface area (Å²) >= 11 is 0. The van der Waals surface area contributed by atoms with Crippen molar-refractivity contribution in [1.82, 2.24) is 15.3 Å². The predicted molar refractivity (Wildman–Crippen MR) is 52.6 cm³/mol. The summed E-state index contributed by atoms with van der Waals surface area (Å²) < 4.78 is 4.96. The topological polar surface area (TPSA) is 53.9 Å². The summed E-state index contributed by atoms with van der Waals surface area (Å²) in [4.78, 5) is 7.28. The number of rotatable bonds is 4. The second kappa shape index (κ2) is 4.11. The molecule has 2 rings (SSSR count). The van der Waals surface area contributed by atoms with Crippen LogP contribution in [-0.4, -0.2) is 9.97 Å². The van der Waals surface area contributed by atoms with Gasteiger partial charge in [-0.2, -0.15) is 0 Å². The number of H-pyrrole nitrogens is 1. The molecule has 4 heteroatoms. The van der Waals surface area contributed by atoms with Crippen LogP contribution in [0, 0.1) is 6.92 Å². The van der Waals surface area contributed by atoms with Crippen molar-refractivity contribution in [2.24, 2.45) is 0 Å². The van der Waals surface area contributed by atoms with Gasteiger partial charge in [0, 0.05) is 30.5 Å². The van der Waals surface area contributed by atoms with Crippen LogP contribution in [0.4, 0.5) is 0 Å². The summed E-state index contributed by atoms with van der Waals surface area (Å²) in [6, 6.07) is 1.95. The fraction of sp³-hybridized carbons (Fsp3) is 0.300. The fourth-order valence-electron chi connectivity index (χ4n) is 1.30. The van der Waals surface area contributed by atoms with Gasteiger partial charge in [0.1, 0.15) is 5.82 Å². The molecule has 0 bridgehead atoms. The Morgan fingerprint density at radius 2 is 2.43 bits per heavy atom. The zero-order valence-electron chi connectivity index (χ0n) is 8.08. The highest BCUT2D eigenvalue weighted by molar-refractivity contribution is 5.05. The first kappa shape index (κ1) is 9.02. The number of hydrogen-bond acceptors (Lipinski definition) is 3. The van der Waals surface area contributed by atoms with Crippen LogP contribution >= 0.6 is 0 Å². The fourth-order valence-corrected chi connectivity index (χ4v) is 1.30. The molecule has 2 aromatic heterocycles. The van der Waals surface area contributed by atoms with Gasteiger partial charge in [-0.1, -0.05) is 0 Å². The molecule has 14 heavy (non-hydrogen) atoms. The number of aromatic amines is 1. The van der Waals surface area contributed by atoms with E-state index in [2.05, 4.69) is 15.3 Å². The molecule has 74 valence electrons. The van der Waals surface area contributed by atoms with E-state index in [0.717, 1.165) is 30.2 Å². The summed E-state index contributed by atoms with van der Waals surface area (Å²) in [7, 11) is 0. The van der Waals surface area contributed by atoms with E-state index in [-0.39, 0.29) is 0 Å². The van der Waals surface area contributed by atoms with E-state index in [9.17, 15) is 0 Å². The lowest BCUT2D eigenvalue weighted by atomic mass is 10.3. The summed E-state index contributed by atoms with van der Waals surface area (Å²) in [6.45, 7) is 3.56. The average molecular weight is 191 g/mol. The molecule has 0 atom stereocenters. The van der Waals surface area contributed by atoms with Gasteiger partial charge in [0.05, 0.1) is 12.5 Å². The molecule has 0 aromatic carbocycles. The molecule has 2 aromatic rings. The predicted octanol–water partition coefficient (Wildman–Crippen LogP) is 1.60. The first-order valence-corrected chi connectivity index (χ1v) is 4.57. The summed E-state index contributed by atoms with van der Waals surface area (Å²) in [6.07, 6.45) is 5.26. The molecule has 2 heterocycles. The Morgan fingerprint density at radius 1 is 1.50 bits per heavy atom. The van der Waals surface area contributed by atoms with Crippen LogP contribution in [0.3, 0.4) is 0 Å². The number of furan rings is 1. The normalized spacial score (nSPS) is 10.6. The Labute approximate surface area is 82.4 Å². The number of imidazole rings is 1. The number of nitrogens with zero attached hydrogens (tertiary/aromatic N) is 1. The van der Waals surface area contributed by atoms with Gasteiger partial charge in [0.25, 0.3) is 0 Å². The van der Waals surface area contributed by atoms with E-state index >= 15 is 0 Å². The third-order valence-electron chi connectivity index (χ3n) is 1.98. The van der Waals surface area contributed by atoms with Crippen molar-refractivity contribution < 1.29 is 4.42 Å². The SMILES string of the molecule is Cc1ncc(CNCc2ccoc2)[nH]1. The van der Waals surface area contributed by atoms with Crippen LogP contribution in [0.2, 0.25) is 0 Å². The number of hydrogen-bond donors (Lipinski definition) is 2. The van der Waals surface area contributed by atoms with Crippen molar-refractivity contribution in [3.8, 4) is 0 Å². The van der Waals surface area contributed by atoms with Gasteiger partial charge in [-0.05, 0) is 13.0 Å². The third-order valence-corrected chi connectivity index (χ3v) is 1.98. The smallest absolute Gasteiger partial charge is 0.103 e. The van der Waals surface area contributed by atoms with E-state index in [0.29, 0.717) is 0 Å². The van der Waals surface area contributed by atoms with Crippen molar-refractivity contribution in [2.75, 3.05) is 0 Å². The van der Waals surface area contributed by atoms with Crippen molar-refractivity contribution in [3.05, 3.63) is 41.9 Å². The van der Waals surface area contributed by atoms with E-state index in [4.69, 9.17) is 4.42 Å². The molecule has 4 nitrogen and oxygen atoms in total. The first-order chi connectivity index (χ1) is 6.84. The molecule has 0 amide bonds. The van der Waals surface area contributed by atoms with E-state index in [1.165, 1.54) is 0 Å². The summed E-state index contributed by atoms with van der Waals surface area (Å²) in [5, 5.41) is 3.29. The number of aromatic nitrogens is 2.